The van der Waals surface area contributed by atoms with Crippen molar-refractivity contribution in [2.24, 2.45) is 0 Å². The molecule has 39 heavy (non-hydrogen) atoms. The van der Waals surface area contributed by atoms with Gasteiger partial charge in [0.15, 0.2) is 12.4 Å². The van der Waals surface area contributed by atoms with Crippen LogP contribution in [0.15, 0.2) is 36.7 Å². The summed E-state index contributed by atoms with van der Waals surface area (Å²) in [7, 11) is 4.28. The number of piperidine rings is 1. The molecule has 4 rings (SSSR count). The molecule has 2 saturated heterocycles. The van der Waals surface area contributed by atoms with Crippen LogP contribution in [0.5, 0.6) is 0 Å². The first-order valence-corrected chi connectivity index (χ1v) is 11.8. The average Bonchev–Trinajstić information content (AvgIpc) is 2.91. The number of aromatic nitrogens is 2. The minimum atomic E-state index is -0.573. The molecule has 2 aromatic heterocycles. The van der Waals surface area contributed by atoms with Crippen LogP contribution in [0.4, 0.5) is 17.3 Å². The molecule has 0 unspecified atom stereocenters. The molecule has 206 valence electrons. The van der Waals surface area contributed by atoms with E-state index in [4.69, 9.17) is 21.7 Å². The Hall–Kier alpha value is -0.187. The van der Waals surface area contributed by atoms with Gasteiger partial charge in [-0.25, -0.2) is 0 Å². The number of pyridine rings is 2. The van der Waals surface area contributed by atoms with Gasteiger partial charge in [-0.3, -0.25) is 4.79 Å². The number of rotatable bonds is 4. The summed E-state index contributed by atoms with van der Waals surface area (Å²) in [5.74, 6) is -0.290. The maximum Gasteiger partial charge on any atom is 1.00 e. The van der Waals surface area contributed by atoms with E-state index in [-0.39, 0.29) is 122 Å². The van der Waals surface area contributed by atoms with Crippen LogP contribution in [0.1, 0.15) is 20.7 Å². The van der Waals surface area contributed by atoms with Crippen molar-refractivity contribution < 1.29 is 129 Å². The molecule has 0 atom stereocenters. The molecule has 0 bridgehead atoms. The van der Waals surface area contributed by atoms with Gasteiger partial charge in [0.05, 0.1) is 10.7 Å². The number of hydrogen-bond donors (Lipinski definition) is 0. The van der Waals surface area contributed by atoms with E-state index in [9.17, 15) is 20.2 Å². The summed E-state index contributed by atoms with van der Waals surface area (Å²) in [6.45, 7) is 6.36. The van der Waals surface area contributed by atoms with E-state index >= 15 is 0 Å². The van der Waals surface area contributed by atoms with Crippen molar-refractivity contribution in [3.05, 3.63) is 61.9 Å². The fourth-order valence-electron chi connectivity index (χ4n) is 3.27. The summed E-state index contributed by atoms with van der Waals surface area (Å²) in [5.41, 5.74) is 0.957. The largest absolute Gasteiger partial charge is 1.00 e. The molecule has 2 aliphatic heterocycles. The van der Waals surface area contributed by atoms with Crippen LogP contribution in [-0.2, 0) is 9.68 Å². The van der Waals surface area contributed by atoms with Crippen molar-refractivity contribution >= 4 is 35.4 Å². The molecule has 0 spiro atoms. The van der Waals surface area contributed by atoms with Gasteiger partial charge in [-0.05, 0) is 72.0 Å². The second-order valence-corrected chi connectivity index (χ2v) is 8.51. The van der Waals surface area contributed by atoms with Crippen molar-refractivity contribution in [3.8, 4) is 0 Å². The Morgan fingerprint density at radius 1 is 0.846 bits per heavy atom. The first-order valence-electron chi connectivity index (χ1n) is 11.4. The van der Waals surface area contributed by atoms with Crippen LogP contribution in [0.25, 0.3) is 0 Å². The van der Waals surface area contributed by atoms with Gasteiger partial charge < -0.3 is 46.5 Å². The fraction of sp³-hybridized carbons (Fsp3) is 0.500. The van der Waals surface area contributed by atoms with Crippen LogP contribution in [0.2, 0.25) is 5.02 Å². The second kappa shape index (κ2) is 24.4. The van der Waals surface area contributed by atoms with Gasteiger partial charge in [-0.15, -0.1) is 0 Å². The van der Waals surface area contributed by atoms with Crippen LogP contribution >= 0.6 is 11.6 Å². The number of nitro groups is 2. The predicted molar refractivity (Wildman–Crippen MR) is 136 cm³/mol. The van der Waals surface area contributed by atoms with E-state index in [1.807, 2.05) is 0 Å². The molecular weight excluding hydrogens is 588 g/mol. The molecule has 0 saturated carbocycles. The number of hydrogen-bond acceptors (Lipinski definition) is 12. The Kier molecular flexibility index (Phi) is 25.6. The Bertz CT molecular complexity index is 956. The van der Waals surface area contributed by atoms with Gasteiger partial charge in [0.25, 0.3) is 6.47 Å². The third kappa shape index (κ3) is 18.8. The van der Waals surface area contributed by atoms with E-state index in [0.717, 1.165) is 31.9 Å². The molecule has 2 fully saturated rings. The molecule has 0 amide bonds. The van der Waals surface area contributed by atoms with Gasteiger partial charge in [0.2, 0.25) is 0 Å². The summed E-state index contributed by atoms with van der Waals surface area (Å²) < 4.78 is 0. The van der Waals surface area contributed by atoms with E-state index in [2.05, 4.69) is 43.7 Å². The molecule has 2 aliphatic rings. The molecule has 0 aromatic carbocycles. The van der Waals surface area contributed by atoms with Crippen molar-refractivity contribution in [3.63, 3.8) is 0 Å². The third-order valence-corrected chi connectivity index (χ3v) is 5.53. The minimum absolute atomic E-state index is 0. The normalized spacial score (nSPS) is 14.6. The predicted octanol–water partition coefficient (Wildman–Crippen LogP) is -3.96. The van der Waals surface area contributed by atoms with Gasteiger partial charge >= 0.3 is 114 Å². The first-order chi connectivity index (χ1) is 17.7. The van der Waals surface area contributed by atoms with Gasteiger partial charge in [0, 0.05) is 38.3 Å². The molecular formula is C22H32ClK2N7O7. The smallest absolute Gasteiger partial charge is 1.00 e. The number of nitrogens with zero attached hydrogens (tertiary/aromatic N) is 7. The number of anilines is 1. The van der Waals surface area contributed by atoms with Gasteiger partial charge in [0.1, 0.15) is 0 Å². The molecule has 2 aromatic rings. The Morgan fingerprint density at radius 2 is 1.31 bits per heavy atom. The SMILES string of the molecule is CN1CCCCC1.CN1CCN(c2ccc([N+](=O)[O-])nc2)CC1.O=CO[O-].O=[N+]([O-])c1ccc(Cl)cn1.[H-].[K+].[K+]. The Labute approximate surface area is 319 Å². The van der Waals surface area contributed by atoms with E-state index in [1.54, 1.807) is 12.3 Å². The number of carbonyl (C=O) groups is 1. The summed E-state index contributed by atoms with van der Waals surface area (Å²) in [6.07, 6.45) is 7.08. The van der Waals surface area contributed by atoms with E-state index in [1.165, 1.54) is 56.7 Å². The molecule has 14 nitrogen and oxygen atoms in total. The zero-order valence-electron chi connectivity index (χ0n) is 23.8. The molecule has 4 heterocycles. The van der Waals surface area contributed by atoms with Crippen LogP contribution in [0, 0.1) is 20.2 Å². The van der Waals surface area contributed by atoms with Crippen molar-refractivity contribution in [1.29, 1.82) is 0 Å². The van der Waals surface area contributed by atoms with Gasteiger partial charge in [-0.1, -0.05) is 18.0 Å². The monoisotopic (exact) mass is 619 g/mol. The number of likely N-dealkylation sites (tertiary alicyclic amines) is 1. The maximum absolute atomic E-state index is 10.5. The number of halogens is 1. The molecule has 17 heteroatoms. The minimum Gasteiger partial charge on any atom is -1.00 e. The number of likely N-dealkylation sites (N-methyl/N-ethyl adjacent to an activating group) is 1. The van der Waals surface area contributed by atoms with Crippen LogP contribution in [0.3, 0.4) is 0 Å². The summed E-state index contributed by atoms with van der Waals surface area (Å²) in [6, 6.07) is 5.89. The van der Waals surface area contributed by atoms with Gasteiger partial charge in [-0.2, -0.15) is 0 Å². The van der Waals surface area contributed by atoms with Crippen molar-refractivity contribution in [1.82, 2.24) is 19.8 Å². The topological polar surface area (TPSA) is 171 Å². The first kappa shape index (κ1) is 41.0. The standard InChI is InChI=1S/C10H14N4O2.C6H13N.C5H3ClN2O2.CH2O3.2K.H/c1-12-4-6-13(7-5-12)9-2-3-10(11-8-9)14(15)16;1-7-5-3-2-4-6-7;6-4-1-2-5(7-3-4)8(9)10;2-1-4-3;;;/h2-3,8H,4-7H2,1H3;2-6H2,1H3;1-3H;1,3H;;;/q;;;;2*+1;-1/p-1. The Morgan fingerprint density at radius 3 is 1.64 bits per heavy atom. The summed E-state index contributed by atoms with van der Waals surface area (Å²) in [4.78, 5) is 44.8. The van der Waals surface area contributed by atoms with Crippen molar-refractivity contribution in [2.45, 2.75) is 19.3 Å². The maximum atomic E-state index is 10.5. The molecule has 0 radical (unpaired) electrons. The van der Waals surface area contributed by atoms with E-state index < -0.39 is 9.85 Å². The molecule has 0 N–H and O–H groups in total. The van der Waals surface area contributed by atoms with Crippen molar-refractivity contribution in [2.75, 3.05) is 58.3 Å². The number of carbonyl (C=O) groups excluding carboxylic acids is 1. The second-order valence-electron chi connectivity index (χ2n) is 8.07. The van der Waals surface area contributed by atoms with Crippen LogP contribution in [-0.4, -0.2) is 89.5 Å². The third-order valence-electron chi connectivity index (χ3n) is 5.31. The zero-order chi connectivity index (χ0) is 27.6. The fourth-order valence-corrected chi connectivity index (χ4v) is 3.38. The number of piperazine rings is 1. The molecule has 0 aliphatic carbocycles. The average molecular weight is 620 g/mol. The van der Waals surface area contributed by atoms with E-state index in [0.29, 0.717) is 5.02 Å². The van der Waals surface area contributed by atoms with Crippen LogP contribution < -0.4 is 113 Å². The summed E-state index contributed by atoms with van der Waals surface area (Å²) >= 11 is 5.43. The Balaban J connectivity index is -0.000000495. The summed E-state index contributed by atoms with van der Waals surface area (Å²) in [5, 5.41) is 29.3. The quantitative estimate of drug-likeness (QED) is 0.107. The zero-order valence-corrected chi connectivity index (χ0v) is 29.8.